The molecule has 0 aliphatic rings. The molecule has 0 saturated carbocycles. The van der Waals surface area contributed by atoms with Crippen LogP contribution in [0.2, 0.25) is 0 Å². The highest BCUT2D eigenvalue weighted by Crippen LogP contribution is 2.19. The Morgan fingerprint density at radius 1 is 1.24 bits per heavy atom. The summed E-state index contributed by atoms with van der Waals surface area (Å²) in [5.74, 6) is 0. The third kappa shape index (κ3) is 3.62. The minimum absolute atomic E-state index is 0.780. The summed E-state index contributed by atoms with van der Waals surface area (Å²) in [6.07, 6.45) is 6.59. The zero-order chi connectivity index (χ0) is 14.5. The Kier molecular flexibility index (Phi) is 4.52. The van der Waals surface area contributed by atoms with Crippen LogP contribution in [0.5, 0.6) is 0 Å². The summed E-state index contributed by atoms with van der Waals surface area (Å²) in [6, 6.07) is 12.3. The highest BCUT2D eigenvalue weighted by atomic mass is 32.2. The van der Waals surface area contributed by atoms with Gasteiger partial charge in [0.15, 0.2) is 0 Å². The van der Waals surface area contributed by atoms with Crippen LogP contribution in [0.4, 0.5) is 0 Å². The highest BCUT2D eigenvalue weighted by molar-refractivity contribution is 8.23. The van der Waals surface area contributed by atoms with Crippen molar-refractivity contribution < 1.29 is 0 Å². The summed E-state index contributed by atoms with van der Waals surface area (Å²) in [6.45, 7) is 0.827. The molecule has 0 fully saturated rings. The van der Waals surface area contributed by atoms with E-state index in [-0.39, 0.29) is 0 Å². The Balaban J connectivity index is 1.53. The van der Waals surface area contributed by atoms with Gasteiger partial charge in [-0.1, -0.05) is 42.2 Å². The Hall–Kier alpha value is -1.85. The third-order valence-electron chi connectivity index (χ3n) is 3.18. The quantitative estimate of drug-likeness (QED) is 0.568. The summed E-state index contributed by atoms with van der Waals surface area (Å²) in [5, 5.41) is 4.57. The van der Waals surface area contributed by atoms with Crippen LogP contribution in [-0.2, 0) is 6.42 Å². The molecule has 106 valence electrons. The first-order valence-electron chi connectivity index (χ1n) is 6.73. The van der Waals surface area contributed by atoms with E-state index in [0.717, 1.165) is 22.2 Å². The number of hydrogen-bond acceptors (Lipinski definition) is 3. The minimum Gasteiger partial charge on any atom is -0.370 e. The number of nitrogens with one attached hydrogen (secondary N) is 2. The van der Waals surface area contributed by atoms with Crippen molar-refractivity contribution in [3.05, 3.63) is 60.6 Å². The lowest BCUT2D eigenvalue weighted by Gasteiger charge is -2.06. The summed E-state index contributed by atoms with van der Waals surface area (Å²) >= 11 is 6.88. The molecular weight excluding hydrogens is 298 g/mol. The first kappa shape index (κ1) is 14.1. The number of aromatic amines is 1. The molecule has 0 aliphatic carbocycles. The van der Waals surface area contributed by atoms with E-state index in [1.807, 2.05) is 24.4 Å². The van der Waals surface area contributed by atoms with Crippen LogP contribution in [0.25, 0.3) is 10.9 Å². The number of thiocarbonyl (C=S) groups is 1. The van der Waals surface area contributed by atoms with Crippen LogP contribution in [0, 0.1) is 0 Å². The van der Waals surface area contributed by atoms with E-state index in [1.165, 1.54) is 28.2 Å². The largest absolute Gasteiger partial charge is 0.370 e. The fraction of sp³-hybridized carbons (Fsp3) is 0.125. The number of H-pyrrole nitrogens is 1. The van der Waals surface area contributed by atoms with Crippen molar-refractivity contribution >= 4 is 39.2 Å². The third-order valence-corrected chi connectivity index (χ3v) is 4.38. The number of nitrogens with zero attached hydrogens (tertiary/aromatic N) is 1. The van der Waals surface area contributed by atoms with Gasteiger partial charge < -0.3 is 10.3 Å². The summed E-state index contributed by atoms with van der Waals surface area (Å²) < 4.78 is 0.780. The maximum absolute atomic E-state index is 5.34. The molecule has 3 aromatic rings. The molecule has 0 atom stereocenters. The second-order valence-corrected chi connectivity index (χ2v) is 6.36. The van der Waals surface area contributed by atoms with Gasteiger partial charge in [0, 0.05) is 40.9 Å². The van der Waals surface area contributed by atoms with Crippen molar-refractivity contribution in [2.45, 2.75) is 11.3 Å². The molecule has 3 rings (SSSR count). The van der Waals surface area contributed by atoms with Crippen LogP contribution < -0.4 is 5.32 Å². The molecule has 2 N–H and O–H groups in total. The van der Waals surface area contributed by atoms with E-state index in [2.05, 4.69) is 39.7 Å². The van der Waals surface area contributed by atoms with E-state index in [0.29, 0.717) is 0 Å². The molecule has 0 saturated heterocycles. The monoisotopic (exact) mass is 313 g/mol. The average molecular weight is 313 g/mol. The number of aromatic nitrogens is 2. The van der Waals surface area contributed by atoms with Crippen LogP contribution >= 0.6 is 24.0 Å². The number of para-hydroxylation sites is 1. The van der Waals surface area contributed by atoms with E-state index < -0.39 is 0 Å². The maximum atomic E-state index is 5.34. The molecule has 5 heteroatoms. The standard InChI is InChI=1S/C16H15N3S2/c20-16(21-13-4-3-8-17-11-13)18-9-7-12-10-19-15-6-2-1-5-14(12)15/h1-6,8,10-11,19H,7,9H2,(H,18,20). The van der Waals surface area contributed by atoms with Gasteiger partial charge in [0.05, 0.1) is 0 Å². The second kappa shape index (κ2) is 6.74. The zero-order valence-electron chi connectivity index (χ0n) is 11.4. The first-order valence-corrected chi connectivity index (χ1v) is 7.96. The van der Waals surface area contributed by atoms with Crippen LogP contribution in [0.1, 0.15) is 5.56 Å². The lowest BCUT2D eigenvalue weighted by molar-refractivity contribution is 0.887. The van der Waals surface area contributed by atoms with Crippen molar-refractivity contribution in [1.29, 1.82) is 0 Å². The Bertz CT molecular complexity index is 737. The Morgan fingerprint density at radius 3 is 3.00 bits per heavy atom. The molecule has 3 nitrogen and oxygen atoms in total. The molecule has 0 bridgehead atoms. The molecule has 0 radical (unpaired) electrons. The smallest absolute Gasteiger partial charge is 0.138 e. The van der Waals surface area contributed by atoms with Crippen molar-refractivity contribution in [2.24, 2.45) is 0 Å². The summed E-state index contributed by atoms with van der Waals surface area (Å²) in [4.78, 5) is 8.43. The molecule has 2 heterocycles. The Labute approximate surface area is 133 Å². The van der Waals surface area contributed by atoms with Gasteiger partial charge in [0.25, 0.3) is 0 Å². The average Bonchev–Trinajstić information content (AvgIpc) is 2.92. The first-order chi connectivity index (χ1) is 10.3. The predicted octanol–water partition coefficient (Wildman–Crippen LogP) is 3.77. The summed E-state index contributed by atoms with van der Waals surface area (Å²) in [7, 11) is 0. The fourth-order valence-corrected chi connectivity index (χ4v) is 3.23. The minimum atomic E-state index is 0.780. The van der Waals surface area contributed by atoms with Gasteiger partial charge in [0.1, 0.15) is 4.32 Å². The van der Waals surface area contributed by atoms with Crippen molar-refractivity contribution in [3.63, 3.8) is 0 Å². The van der Waals surface area contributed by atoms with E-state index in [9.17, 15) is 0 Å². The van der Waals surface area contributed by atoms with E-state index in [1.54, 1.807) is 6.20 Å². The number of thioether (sulfide) groups is 1. The number of rotatable bonds is 4. The van der Waals surface area contributed by atoms with Crippen LogP contribution in [0.3, 0.4) is 0 Å². The van der Waals surface area contributed by atoms with Gasteiger partial charge in [-0.15, -0.1) is 0 Å². The van der Waals surface area contributed by atoms with E-state index >= 15 is 0 Å². The SMILES string of the molecule is S=C(NCCc1c[nH]c2ccccc12)Sc1cccnc1. The highest BCUT2D eigenvalue weighted by Gasteiger charge is 2.04. The second-order valence-electron chi connectivity index (χ2n) is 4.61. The number of pyridine rings is 1. The van der Waals surface area contributed by atoms with Gasteiger partial charge in [-0.3, -0.25) is 4.98 Å². The summed E-state index contributed by atoms with van der Waals surface area (Å²) in [5.41, 5.74) is 2.49. The number of hydrogen-bond donors (Lipinski definition) is 2. The Morgan fingerprint density at radius 2 is 2.14 bits per heavy atom. The van der Waals surface area contributed by atoms with Gasteiger partial charge in [-0.2, -0.15) is 0 Å². The predicted molar refractivity (Wildman–Crippen MR) is 92.7 cm³/mol. The fourth-order valence-electron chi connectivity index (χ4n) is 2.19. The van der Waals surface area contributed by atoms with Gasteiger partial charge >= 0.3 is 0 Å². The molecule has 0 unspecified atom stereocenters. The molecule has 21 heavy (non-hydrogen) atoms. The molecule has 0 amide bonds. The van der Waals surface area contributed by atoms with Crippen molar-refractivity contribution in [3.8, 4) is 0 Å². The van der Waals surface area contributed by atoms with E-state index in [4.69, 9.17) is 12.2 Å². The zero-order valence-corrected chi connectivity index (χ0v) is 13.0. The van der Waals surface area contributed by atoms with Gasteiger partial charge in [-0.25, -0.2) is 0 Å². The van der Waals surface area contributed by atoms with Crippen molar-refractivity contribution in [2.75, 3.05) is 6.54 Å². The van der Waals surface area contributed by atoms with Crippen molar-refractivity contribution in [1.82, 2.24) is 15.3 Å². The number of benzene rings is 1. The molecular formula is C16H15N3S2. The lowest BCUT2D eigenvalue weighted by Crippen LogP contribution is -2.21. The van der Waals surface area contributed by atoms with Gasteiger partial charge in [0.2, 0.25) is 0 Å². The van der Waals surface area contributed by atoms with Gasteiger partial charge in [-0.05, 0) is 30.2 Å². The molecule has 0 aliphatic heterocycles. The normalized spacial score (nSPS) is 10.7. The van der Waals surface area contributed by atoms with Crippen LogP contribution in [-0.4, -0.2) is 20.8 Å². The topological polar surface area (TPSA) is 40.7 Å². The maximum Gasteiger partial charge on any atom is 0.138 e. The number of fused-ring (bicyclic) bond motifs is 1. The molecule has 2 aromatic heterocycles. The molecule has 0 spiro atoms. The lowest BCUT2D eigenvalue weighted by atomic mass is 10.1. The van der Waals surface area contributed by atoms with Crippen LogP contribution in [0.15, 0.2) is 59.9 Å². The molecule has 1 aromatic carbocycles.